The number of rotatable bonds is 6. The van der Waals surface area contributed by atoms with Crippen molar-refractivity contribution in [3.05, 3.63) is 60.2 Å². The van der Waals surface area contributed by atoms with Crippen LogP contribution in [-0.4, -0.2) is 35.8 Å². The van der Waals surface area contributed by atoms with Gasteiger partial charge in [-0.3, -0.25) is 9.59 Å². The normalized spacial score (nSPS) is 19.1. The molecule has 1 saturated heterocycles. The molecule has 4 nitrogen and oxygen atoms in total. The van der Waals surface area contributed by atoms with E-state index < -0.39 is 5.41 Å². The Hall–Kier alpha value is -2.62. The van der Waals surface area contributed by atoms with Gasteiger partial charge in [-0.1, -0.05) is 61.5 Å². The molecule has 0 unspecified atom stereocenters. The molecule has 1 atom stereocenters. The molecule has 2 aromatic rings. The van der Waals surface area contributed by atoms with E-state index in [9.17, 15) is 9.59 Å². The highest BCUT2D eigenvalue weighted by molar-refractivity contribution is 5.86. The minimum atomic E-state index is -0.583. The van der Waals surface area contributed by atoms with Crippen LogP contribution in [0.4, 0.5) is 0 Å². The summed E-state index contributed by atoms with van der Waals surface area (Å²) < 4.78 is 0. The SMILES string of the molecule is CCC(=O)N1CC[C@@](Cc2ccccc2-c2ccccc2)(C(=O)NC(C)C)C1. The van der Waals surface area contributed by atoms with Crippen LogP contribution in [0, 0.1) is 5.41 Å². The van der Waals surface area contributed by atoms with Crippen molar-refractivity contribution in [2.24, 2.45) is 5.41 Å². The Balaban J connectivity index is 1.96. The van der Waals surface area contributed by atoms with Crippen molar-refractivity contribution in [1.82, 2.24) is 10.2 Å². The van der Waals surface area contributed by atoms with Gasteiger partial charge in [0.1, 0.15) is 0 Å². The topological polar surface area (TPSA) is 49.4 Å². The molecule has 0 radical (unpaired) electrons. The van der Waals surface area contributed by atoms with Crippen LogP contribution in [0.25, 0.3) is 11.1 Å². The van der Waals surface area contributed by atoms with E-state index in [-0.39, 0.29) is 17.9 Å². The van der Waals surface area contributed by atoms with E-state index >= 15 is 0 Å². The Bertz CT molecular complexity index is 832. The average molecular weight is 379 g/mol. The maximum absolute atomic E-state index is 13.2. The molecule has 148 valence electrons. The molecular formula is C24H30N2O2. The number of hydrogen-bond acceptors (Lipinski definition) is 2. The lowest BCUT2D eigenvalue weighted by molar-refractivity contribution is -0.133. The van der Waals surface area contributed by atoms with Gasteiger partial charge in [-0.05, 0) is 43.4 Å². The van der Waals surface area contributed by atoms with E-state index in [0.29, 0.717) is 32.4 Å². The van der Waals surface area contributed by atoms with E-state index in [0.717, 1.165) is 16.7 Å². The molecule has 2 amide bonds. The van der Waals surface area contributed by atoms with Crippen molar-refractivity contribution in [3.63, 3.8) is 0 Å². The zero-order valence-electron chi connectivity index (χ0n) is 17.1. The van der Waals surface area contributed by atoms with Crippen LogP contribution in [-0.2, 0) is 16.0 Å². The van der Waals surface area contributed by atoms with Gasteiger partial charge < -0.3 is 10.2 Å². The number of nitrogens with zero attached hydrogens (tertiary/aromatic N) is 1. The third-order valence-electron chi connectivity index (χ3n) is 5.54. The molecule has 0 aliphatic carbocycles. The summed E-state index contributed by atoms with van der Waals surface area (Å²) in [6, 6.07) is 18.6. The molecule has 28 heavy (non-hydrogen) atoms. The van der Waals surface area contributed by atoms with Gasteiger partial charge in [0.25, 0.3) is 0 Å². The van der Waals surface area contributed by atoms with Crippen LogP contribution >= 0.6 is 0 Å². The van der Waals surface area contributed by atoms with Crippen LogP contribution in [0.15, 0.2) is 54.6 Å². The molecule has 0 aromatic heterocycles. The Morgan fingerprint density at radius 2 is 1.75 bits per heavy atom. The van der Waals surface area contributed by atoms with Crippen molar-refractivity contribution in [2.75, 3.05) is 13.1 Å². The molecule has 0 saturated carbocycles. The third kappa shape index (κ3) is 4.27. The number of likely N-dealkylation sites (tertiary alicyclic amines) is 1. The first-order valence-corrected chi connectivity index (χ1v) is 10.2. The molecule has 3 rings (SSSR count). The van der Waals surface area contributed by atoms with Gasteiger partial charge in [0, 0.05) is 25.6 Å². The number of amides is 2. The van der Waals surface area contributed by atoms with Crippen molar-refractivity contribution in [2.45, 2.75) is 46.1 Å². The molecule has 1 N–H and O–H groups in total. The first-order valence-electron chi connectivity index (χ1n) is 10.2. The second-order valence-electron chi connectivity index (χ2n) is 8.03. The standard InChI is InChI=1S/C24H30N2O2/c1-4-22(27)26-15-14-24(17-26,23(28)25-18(2)3)16-20-12-8-9-13-21(20)19-10-6-5-7-11-19/h5-13,18H,4,14-17H2,1-3H3,(H,25,28)/t24-/m0/s1. The van der Waals surface area contributed by atoms with E-state index in [1.54, 1.807) is 0 Å². The minimum absolute atomic E-state index is 0.0526. The lowest BCUT2D eigenvalue weighted by Gasteiger charge is -2.30. The summed E-state index contributed by atoms with van der Waals surface area (Å²) in [6.45, 7) is 6.97. The molecule has 1 fully saturated rings. The molecule has 4 heteroatoms. The van der Waals surface area contributed by atoms with Gasteiger partial charge in [-0.15, -0.1) is 0 Å². The minimum Gasteiger partial charge on any atom is -0.353 e. The molecule has 0 bridgehead atoms. The number of carbonyl (C=O) groups is 2. The highest BCUT2D eigenvalue weighted by Crippen LogP contribution is 2.38. The van der Waals surface area contributed by atoms with Gasteiger partial charge in [0.2, 0.25) is 11.8 Å². The number of benzene rings is 2. The zero-order chi connectivity index (χ0) is 20.1. The summed E-state index contributed by atoms with van der Waals surface area (Å²) in [6.07, 6.45) is 1.80. The lowest BCUT2D eigenvalue weighted by Crippen LogP contribution is -2.47. The van der Waals surface area contributed by atoms with Crippen LogP contribution in [0.2, 0.25) is 0 Å². The average Bonchev–Trinajstić information content (AvgIpc) is 3.13. The first kappa shape index (κ1) is 20.1. The smallest absolute Gasteiger partial charge is 0.228 e. The second-order valence-corrected chi connectivity index (χ2v) is 8.03. The van der Waals surface area contributed by atoms with Gasteiger partial charge in [-0.25, -0.2) is 0 Å². The Labute approximate surface area is 167 Å². The van der Waals surface area contributed by atoms with E-state index in [1.165, 1.54) is 0 Å². The van der Waals surface area contributed by atoms with Crippen LogP contribution in [0.3, 0.4) is 0 Å². The highest BCUT2D eigenvalue weighted by atomic mass is 16.2. The maximum atomic E-state index is 13.2. The molecule has 1 aliphatic heterocycles. The van der Waals surface area contributed by atoms with Crippen molar-refractivity contribution in [1.29, 1.82) is 0 Å². The quantitative estimate of drug-likeness (QED) is 0.824. The zero-order valence-corrected chi connectivity index (χ0v) is 17.1. The van der Waals surface area contributed by atoms with Crippen molar-refractivity contribution < 1.29 is 9.59 Å². The number of nitrogens with one attached hydrogen (secondary N) is 1. The molecule has 1 heterocycles. The summed E-state index contributed by atoms with van der Waals surface area (Å²) >= 11 is 0. The van der Waals surface area contributed by atoms with E-state index in [1.807, 2.05) is 56.0 Å². The lowest BCUT2D eigenvalue weighted by atomic mass is 9.78. The molecule has 0 spiro atoms. The Kier molecular flexibility index (Phi) is 6.18. The van der Waals surface area contributed by atoms with Crippen molar-refractivity contribution in [3.8, 4) is 11.1 Å². The summed E-state index contributed by atoms with van der Waals surface area (Å²) in [7, 11) is 0. The summed E-state index contributed by atoms with van der Waals surface area (Å²) in [5.41, 5.74) is 2.87. The molecule has 2 aromatic carbocycles. The monoisotopic (exact) mass is 378 g/mol. The van der Waals surface area contributed by atoms with Crippen LogP contribution in [0.5, 0.6) is 0 Å². The fourth-order valence-corrected chi connectivity index (χ4v) is 4.07. The number of carbonyl (C=O) groups excluding carboxylic acids is 2. The van der Waals surface area contributed by atoms with E-state index in [4.69, 9.17) is 0 Å². The third-order valence-corrected chi connectivity index (χ3v) is 5.54. The predicted molar refractivity (Wildman–Crippen MR) is 113 cm³/mol. The summed E-state index contributed by atoms with van der Waals surface area (Å²) in [5.74, 6) is 0.173. The van der Waals surface area contributed by atoms with Crippen molar-refractivity contribution >= 4 is 11.8 Å². The fraction of sp³-hybridized carbons (Fsp3) is 0.417. The maximum Gasteiger partial charge on any atom is 0.228 e. The van der Waals surface area contributed by atoms with Gasteiger partial charge in [0.05, 0.1) is 5.41 Å². The van der Waals surface area contributed by atoms with Crippen LogP contribution < -0.4 is 5.32 Å². The van der Waals surface area contributed by atoms with Gasteiger partial charge in [0.15, 0.2) is 0 Å². The Morgan fingerprint density at radius 1 is 1.07 bits per heavy atom. The molecule has 1 aliphatic rings. The Morgan fingerprint density at radius 3 is 2.43 bits per heavy atom. The number of hydrogen-bond donors (Lipinski definition) is 1. The largest absolute Gasteiger partial charge is 0.353 e. The predicted octanol–water partition coefficient (Wildman–Crippen LogP) is 4.05. The van der Waals surface area contributed by atoms with Crippen LogP contribution in [0.1, 0.15) is 39.2 Å². The summed E-state index contributed by atoms with van der Waals surface area (Å²) in [4.78, 5) is 27.4. The van der Waals surface area contributed by atoms with Gasteiger partial charge >= 0.3 is 0 Å². The second kappa shape index (κ2) is 8.59. The fourth-order valence-electron chi connectivity index (χ4n) is 4.07. The van der Waals surface area contributed by atoms with E-state index in [2.05, 4.69) is 29.6 Å². The first-order chi connectivity index (χ1) is 13.4. The highest BCUT2D eigenvalue weighted by Gasteiger charge is 2.46. The molecular weight excluding hydrogens is 348 g/mol. The summed E-state index contributed by atoms with van der Waals surface area (Å²) in [5, 5.41) is 3.11. The van der Waals surface area contributed by atoms with Gasteiger partial charge in [-0.2, -0.15) is 0 Å².